The summed E-state index contributed by atoms with van der Waals surface area (Å²) in [6, 6.07) is 28.9. The van der Waals surface area contributed by atoms with E-state index in [1.807, 2.05) is 55.5 Å². The lowest BCUT2D eigenvalue weighted by Crippen LogP contribution is -2.21. The Balaban J connectivity index is 1.32. The Morgan fingerprint density at radius 2 is 1.59 bits per heavy atom. The van der Waals surface area contributed by atoms with Crippen molar-refractivity contribution in [3.63, 3.8) is 0 Å². The Hall–Kier alpha value is -4.93. The summed E-state index contributed by atoms with van der Waals surface area (Å²) >= 11 is 5.95. The van der Waals surface area contributed by atoms with Crippen molar-refractivity contribution < 1.29 is 23.7 Å². The zero-order valence-corrected chi connectivity index (χ0v) is 23.1. The first-order chi connectivity index (χ1) is 19.9. The van der Waals surface area contributed by atoms with Crippen LogP contribution in [0.25, 0.3) is 0 Å². The molecule has 2 N–H and O–H groups in total. The Labute approximate surface area is 243 Å². The number of carbonyl (C=O) groups is 1. The lowest BCUT2D eigenvalue weighted by molar-refractivity contribution is 0.0734. The van der Waals surface area contributed by atoms with Crippen LogP contribution >= 0.6 is 11.6 Å². The monoisotopic (exact) mass is 566 g/mol. The highest BCUT2D eigenvalue weighted by atomic mass is 35.5. The molecule has 0 fully saturated rings. The van der Waals surface area contributed by atoms with Gasteiger partial charge in [-0.3, -0.25) is 0 Å². The van der Waals surface area contributed by atoms with Gasteiger partial charge in [-0.05, 0) is 72.1 Å². The molecule has 0 bridgehead atoms. The third-order valence-corrected chi connectivity index (χ3v) is 6.75. The molecule has 206 valence electrons. The van der Waals surface area contributed by atoms with Gasteiger partial charge >= 0.3 is 5.97 Å². The fourth-order valence-electron chi connectivity index (χ4n) is 4.42. The smallest absolute Gasteiger partial charge is 0.343 e. The molecular weight excluding hydrogens is 540 g/mol. The molecule has 0 aliphatic carbocycles. The van der Waals surface area contributed by atoms with Crippen LogP contribution in [0.1, 0.15) is 46.3 Å². The van der Waals surface area contributed by atoms with Crippen LogP contribution in [0.5, 0.6) is 23.0 Å². The van der Waals surface area contributed by atoms with Gasteiger partial charge in [-0.15, -0.1) is 0 Å². The number of benzene rings is 4. The van der Waals surface area contributed by atoms with Crippen molar-refractivity contribution in [1.82, 2.24) is 0 Å². The molecular formula is C33H27ClN2O5. The minimum atomic E-state index is -0.519. The van der Waals surface area contributed by atoms with Gasteiger partial charge in [0.05, 0.1) is 18.1 Å². The SMILES string of the molecule is CCCOc1ccc(C(=O)Oc2ccc3c(c2)OC(N)=C(C#N)C3c2ccc(OCc3ccc(Cl)cc3)cc2)cc1. The second-order valence-corrected chi connectivity index (χ2v) is 9.81. The maximum atomic E-state index is 12.7. The minimum absolute atomic E-state index is 0.000732. The topological polar surface area (TPSA) is 104 Å². The van der Waals surface area contributed by atoms with E-state index in [1.165, 1.54) is 0 Å². The average molecular weight is 567 g/mol. The third-order valence-electron chi connectivity index (χ3n) is 6.50. The standard InChI is InChI=1S/C33H27ClN2O5/c1-2-17-38-25-13-7-23(8-14-25)33(37)40-27-15-16-28-30(18-27)41-32(36)29(19-35)31(28)22-5-11-26(12-6-22)39-20-21-3-9-24(34)10-4-21/h3-16,18,31H,2,17,20,36H2,1H3. The summed E-state index contributed by atoms with van der Waals surface area (Å²) < 4.78 is 22.9. The fraction of sp³-hybridized carbons (Fsp3) is 0.152. The van der Waals surface area contributed by atoms with E-state index < -0.39 is 11.9 Å². The van der Waals surface area contributed by atoms with Crippen LogP contribution in [-0.2, 0) is 6.61 Å². The van der Waals surface area contributed by atoms with E-state index in [9.17, 15) is 10.1 Å². The molecule has 41 heavy (non-hydrogen) atoms. The number of nitriles is 1. The van der Waals surface area contributed by atoms with Crippen molar-refractivity contribution in [2.24, 2.45) is 5.73 Å². The predicted molar refractivity (Wildman–Crippen MR) is 155 cm³/mol. The normalized spacial score (nSPS) is 13.9. The molecule has 7 nitrogen and oxygen atoms in total. The van der Waals surface area contributed by atoms with Crippen LogP contribution < -0.4 is 24.7 Å². The number of nitrogens with zero attached hydrogens (tertiary/aromatic N) is 1. The highest BCUT2D eigenvalue weighted by Crippen LogP contribution is 2.43. The highest BCUT2D eigenvalue weighted by Gasteiger charge is 2.31. The van der Waals surface area contributed by atoms with E-state index in [0.717, 1.165) is 23.1 Å². The predicted octanol–water partition coefficient (Wildman–Crippen LogP) is 7.15. The van der Waals surface area contributed by atoms with E-state index >= 15 is 0 Å². The summed E-state index contributed by atoms with van der Waals surface area (Å²) in [5.74, 6) is 1.08. The van der Waals surface area contributed by atoms with Crippen LogP contribution in [0.15, 0.2) is 102 Å². The van der Waals surface area contributed by atoms with Crippen LogP contribution in [0.4, 0.5) is 0 Å². The van der Waals surface area contributed by atoms with Crippen LogP contribution in [0.2, 0.25) is 5.02 Å². The van der Waals surface area contributed by atoms with Gasteiger partial charge in [0.15, 0.2) is 0 Å². The maximum Gasteiger partial charge on any atom is 0.343 e. The van der Waals surface area contributed by atoms with Gasteiger partial charge in [0.2, 0.25) is 5.88 Å². The number of allylic oxidation sites excluding steroid dienone is 1. The van der Waals surface area contributed by atoms with Gasteiger partial charge in [0, 0.05) is 16.7 Å². The number of carbonyl (C=O) groups excluding carboxylic acids is 1. The lowest BCUT2D eigenvalue weighted by atomic mass is 9.83. The molecule has 0 saturated carbocycles. The first kappa shape index (κ1) is 27.6. The van der Waals surface area contributed by atoms with Crippen molar-refractivity contribution in [3.05, 3.63) is 130 Å². The third kappa shape index (κ3) is 6.46. The van der Waals surface area contributed by atoms with E-state index in [2.05, 4.69) is 6.07 Å². The van der Waals surface area contributed by atoms with Gasteiger partial charge in [-0.25, -0.2) is 4.79 Å². The number of esters is 1. The molecule has 0 saturated heterocycles. The quantitative estimate of drug-likeness (QED) is 0.169. The Kier molecular flexibility index (Phi) is 8.42. The average Bonchev–Trinajstić information content (AvgIpc) is 2.99. The molecule has 8 heteroatoms. The molecule has 0 spiro atoms. The zero-order valence-electron chi connectivity index (χ0n) is 22.3. The van der Waals surface area contributed by atoms with Crippen molar-refractivity contribution in [2.75, 3.05) is 6.61 Å². The van der Waals surface area contributed by atoms with E-state index in [0.29, 0.717) is 46.6 Å². The summed E-state index contributed by atoms with van der Waals surface area (Å²) in [6.07, 6.45) is 0.894. The van der Waals surface area contributed by atoms with Gasteiger partial charge in [0.1, 0.15) is 41.2 Å². The largest absolute Gasteiger partial charge is 0.494 e. The van der Waals surface area contributed by atoms with Crippen LogP contribution in [-0.4, -0.2) is 12.6 Å². The lowest BCUT2D eigenvalue weighted by Gasteiger charge is -2.26. The molecule has 0 amide bonds. The molecule has 1 aliphatic heterocycles. The molecule has 1 atom stereocenters. The number of nitrogens with two attached hydrogens (primary N) is 1. The summed E-state index contributed by atoms with van der Waals surface area (Å²) in [6.45, 7) is 3.02. The number of ether oxygens (including phenoxy) is 4. The molecule has 4 aromatic carbocycles. The fourth-order valence-corrected chi connectivity index (χ4v) is 4.55. The molecule has 0 radical (unpaired) electrons. The molecule has 0 aromatic heterocycles. The number of hydrogen-bond donors (Lipinski definition) is 1. The van der Waals surface area contributed by atoms with Crippen molar-refractivity contribution in [3.8, 4) is 29.1 Å². The van der Waals surface area contributed by atoms with Crippen molar-refractivity contribution in [2.45, 2.75) is 25.9 Å². The van der Waals surface area contributed by atoms with Crippen LogP contribution in [0.3, 0.4) is 0 Å². The Morgan fingerprint density at radius 1 is 0.927 bits per heavy atom. The highest BCUT2D eigenvalue weighted by molar-refractivity contribution is 6.30. The van der Waals surface area contributed by atoms with Gasteiger partial charge in [-0.2, -0.15) is 5.26 Å². The van der Waals surface area contributed by atoms with Crippen molar-refractivity contribution in [1.29, 1.82) is 5.26 Å². The zero-order chi connectivity index (χ0) is 28.8. The summed E-state index contributed by atoms with van der Waals surface area (Å²) in [4.78, 5) is 12.7. The maximum absolute atomic E-state index is 12.7. The molecule has 4 aromatic rings. The number of halogens is 1. The Morgan fingerprint density at radius 3 is 2.27 bits per heavy atom. The number of rotatable bonds is 9. The van der Waals surface area contributed by atoms with Crippen molar-refractivity contribution >= 4 is 17.6 Å². The van der Waals surface area contributed by atoms with E-state index in [1.54, 1.807) is 42.5 Å². The van der Waals surface area contributed by atoms with Gasteiger partial charge < -0.3 is 24.7 Å². The first-order valence-corrected chi connectivity index (χ1v) is 13.5. The molecule has 5 rings (SSSR count). The first-order valence-electron chi connectivity index (χ1n) is 13.1. The van der Waals surface area contributed by atoms with E-state index in [4.69, 9.17) is 36.3 Å². The summed E-state index contributed by atoms with van der Waals surface area (Å²) in [7, 11) is 0. The Bertz CT molecular complexity index is 1610. The molecule has 1 unspecified atom stereocenters. The number of hydrogen-bond acceptors (Lipinski definition) is 7. The second-order valence-electron chi connectivity index (χ2n) is 9.37. The molecule has 1 aliphatic rings. The van der Waals surface area contributed by atoms with Crippen LogP contribution in [0, 0.1) is 11.3 Å². The molecule has 1 heterocycles. The van der Waals surface area contributed by atoms with E-state index in [-0.39, 0.29) is 11.6 Å². The second kappa shape index (κ2) is 12.5. The summed E-state index contributed by atoms with van der Waals surface area (Å²) in [5, 5.41) is 10.6. The minimum Gasteiger partial charge on any atom is -0.494 e. The summed E-state index contributed by atoms with van der Waals surface area (Å²) in [5.41, 5.74) is 9.39. The number of fused-ring (bicyclic) bond motifs is 1. The van der Waals surface area contributed by atoms with Gasteiger partial charge in [-0.1, -0.05) is 48.9 Å². The van der Waals surface area contributed by atoms with Gasteiger partial charge in [0.25, 0.3) is 0 Å².